The van der Waals surface area contributed by atoms with Gasteiger partial charge in [-0.3, -0.25) is 0 Å². The monoisotopic (exact) mass is 504 g/mol. The fourth-order valence-corrected chi connectivity index (χ4v) is 4.70. The van der Waals surface area contributed by atoms with Gasteiger partial charge in [0.25, 0.3) is 0 Å². The predicted molar refractivity (Wildman–Crippen MR) is 127 cm³/mol. The van der Waals surface area contributed by atoms with Crippen LogP contribution in [0.4, 0.5) is 4.79 Å². The third-order valence-corrected chi connectivity index (χ3v) is 7.26. The zero-order valence-corrected chi connectivity index (χ0v) is 21.6. The summed E-state index contributed by atoms with van der Waals surface area (Å²) in [5.41, 5.74) is -1.43. The summed E-state index contributed by atoms with van der Waals surface area (Å²) in [7, 11) is -5.62. The van der Waals surface area contributed by atoms with Gasteiger partial charge in [-0.15, -0.1) is 0 Å². The van der Waals surface area contributed by atoms with Crippen LogP contribution in [0.5, 0.6) is 0 Å². The number of rotatable bonds is 3. The number of nitrogens with zero attached hydrogens (tertiary/aromatic N) is 3. The number of carbonyl (C=O) groups excluding carboxylic acids is 1. The zero-order chi connectivity index (χ0) is 27.5. The van der Waals surface area contributed by atoms with Crippen molar-refractivity contribution in [3.8, 4) is 0 Å². The second-order valence-corrected chi connectivity index (χ2v) is 12.1. The lowest BCUT2D eigenvalue weighted by molar-refractivity contribution is 0.00578. The van der Waals surface area contributed by atoms with Crippen LogP contribution >= 0.6 is 11.6 Å². The van der Waals surface area contributed by atoms with E-state index in [1.807, 2.05) is 27.7 Å². The Kier molecular flexibility index (Phi) is 5.81. The summed E-state index contributed by atoms with van der Waals surface area (Å²) >= 11 is 6.32. The van der Waals surface area contributed by atoms with Crippen LogP contribution in [0.15, 0.2) is 12.1 Å². The zero-order valence-electron chi connectivity index (χ0n) is 23.0. The number of hydrogen-bond donors (Lipinski definition) is 0. The van der Waals surface area contributed by atoms with Crippen molar-refractivity contribution < 1.29 is 31.4 Å². The highest BCUT2D eigenvalue weighted by atomic mass is 35.5. The van der Waals surface area contributed by atoms with E-state index in [1.165, 1.54) is 11.0 Å². The predicted octanol–water partition coefficient (Wildman–Crippen LogP) is 2.59. The number of pyridine rings is 1. The van der Waals surface area contributed by atoms with E-state index in [1.54, 1.807) is 26.8 Å². The molecule has 3 rings (SSSR count). The summed E-state index contributed by atoms with van der Waals surface area (Å²) in [6.45, 7) is 12.2. The number of amides is 1. The first-order chi connectivity index (χ1) is 16.1. The van der Waals surface area contributed by atoms with Crippen LogP contribution in [0.2, 0.25) is 5.15 Å². The molecule has 0 radical (unpaired) electrons. The fraction of sp³-hybridized carbons (Fsp3) is 0.714. The molecule has 0 unspecified atom stereocenters. The van der Waals surface area contributed by atoms with Gasteiger partial charge in [0, 0.05) is 23.7 Å². The molecule has 2 aliphatic heterocycles. The molecule has 0 aromatic carbocycles. The van der Waals surface area contributed by atoms with E-state index in [2.05, 4.69) is 4.98 Å². The Morgan fingerprint density at radius 1 is 1.24 bits per heavy atom. The summed E-state index contributed by atoms with van der Waals surface area (Å²) in [5.74, 6) is 0. The lowest BCUT2D eigenvalue weighted by atomic mass is 9.82. The smallest absolute Gasteiger partial charge is 0.444 e. The van der Waals surface area contributed by atoms with E-state index in [9.17, 15) is 13.2 Å². The van der Waals surface area contributed by atoms with Crippen molar-refractivity contribution in [2.45, 2.75) is 71.3 Å². The van der Waals surface area contributed by atoms with Gasteiger partial charge in [-0.2, -0.15) is 4.31 Å². The maximum absolute atomic E-state index is 13.0. The second kappa shape index (κ2) is 8.68. The molecule has 184 valence electrons. The summed E-state index contributed by atoms with van der Waals surface area (Å²) in [4.78, 5) is 18.4. The van der Waals surface area contributed by atoms with Crippen molar-refractivity contribution in [1.82, 2.24) is 14.2 Å². The van der Waals surface area contributed by atoms with Gasteiger partial charge in [0.1, 0.15) is 10.8 Å². The topological polar surface area (TPSA) is 98.3 Å². The average Bonchev–Trinajstić information content (AvgIpc) is 2.92. The first-order valence-electron chi connectivity index (χ1n) is 12.2. The first kappa shape index (κ1) is 22.1. The highest BCUT2D eigenvalue weighted by Gasteiger charge is 2.52. The molecule has 1 aromatic heterocycles. The Hall–Kier alpha value is -1.40. The van der Waals surface area contributed by atoms with Gasteiger partial charge >= 0.3 is 13.2 Å². The Labute approximate surface area is 206 Å². The van der Waals surface area contributed by atoms with E-state index in [4.69, 9.17) is 29.8 Å². The second-order valence-electron chi connectivity index (χ2n) is 10.3. The molecule has 2 saturated heterocycles. The molecular formula is C21H33BClN3O6S. The summed E-state index contributed by atoms with van der Waals surface area (Å²) in [5, 5.41) is 0.0397. The normalized spacial score (nSPS) is 25.3. The van der Waals surface area contributed by atoms with Gasteiger partial charge in [-0.25, -0.2) is 18.2 Å². The van der Waals surface area contributed by atoms with Gasteiger partial charge < -0.3 is 18.9 Å². The summed E-state index contributed by atoms with van der Waals surface area (Å²) in [6, 6.07) is 1.96. The molecule has 0 N–H and O–H groups in total. The molecule has 33 heavy (non-hydrogen) atoms. The fourth-order valence-electron chi connectivity index (χ4n) is 3.63. The molecule has 0 saturated carbocycles. The number of aromatic nitrogens is 1. The molecule has 1 amide bonds. The minimum Gasteiger partial charge on any atom is -0.444 e. The van der Waals surface area contributed by atoms with Crippen LogP contribution in [0.25, 0.3) is 0 Å². The minimum atomic E-state index is -4.73. The van der Waals surface area contributed by atoms with Gasteiger partial charge in [-0.1, -0.05) is 11.6 Å². The van der Waals surface area contributed by atoms with Crippen molar-refractivity contribution in [2.75, 3.05) is 25.8 Å². The number of carbonyl (C=O) groups is 1. The SMILES string of the molecule is [2H]C([2H])([2H])S(=O)(=O)N1CCN(C(=O)OC(C)(C)C)C[C@@H]1c1cc(Cl)nc(B2OC(C)(C)C(C)(C)O2)c1. The number of ether oxygens (including phenoxy) is 1. The summed E-state index contributed by atoms with van der Waals surface area (Å²) in [6.07, 6.45) is -3.92. The van der Waals surface area contributed by atoms with Crippen molar-refractivity contribution in [1.29, 1.82) is 0 Å². The standard InChI is InChI=1S/C21H33BClN3O6S/c1-19(2,3)30-18(27)25-9-10-26(33(8,28)29)15(13-25)14-11-16(24-17(23)12-14)22-31-20(4,5)21(6,7)32-22/h11-12,15H,9-10,13H2,1-8H3/t15-/m1/s1/i8D3. The maximum Gasteiger partial charge on any atom is 0.514 e. The van der Waals surface area contributed by atoms with E-state index in [-0.39, 0.29) is 24.8 Å². The van der Waals surface area contributed by atoms with Gasteiger partial charge in [0.15, 0.2) is 0 Å². The molecule has 3 heterocycles. The maximum atomic E-state index is 13.0. The summed E-state index contributed by atoms with van der Waals surface area (Å²) < 4.78 is 67.3. The highest BCUT2D eigenvalue weighted by molar-refractivity contribution is 7.88. The van der Waals surface area contributed by atoms with E-state index >= 15 is 0 Å². The molecule has 0 spiro atoms. The quantitative estimate of drug-likeness (QED) is 0.461. The molecule has 1 aromatic rings. The van der Waals surface area contributed by atoms with Gasteiger partial charge in [0.05, 0.1) is 29.0 Å². The van der Waals surface area contributed by atoms with Crippen LogP contribution in [0, 0.1) is 0 Å². The largest absolute Gasteiger partial charge is 0.514 e. The Bertz CT molecular complexity index is 1110. The number of sulfonamides is 1. The molecular weight excluding hydrogens is 469 g/mol. The highest BCUT2D eigenvalue weighted by Crippen LogP contribution is 2.37. The number of piperazine rings is 1. The van der Waals surface area contributed by atoms with Crippen LogP contribution in [0.3, 0.4) is 0 Å². The van der Waals surface area contributed by atoms with Crippen LogP contribution in [0.1, 0.15) is 64.2 Å². The van der Waals surface area contributed by atoms with E-state index in [0.29, 0.717) is 11.2 Å². The minimum absolute atomic E-state index is 0.0381. The van der Waals surface area contributed by atoms with Crippen molar-refractivity contribution in [3.63, 3.8) is 0 Å². The van der Waals surface area contributed by atoms with E-state index in [0.717, 1.165) is 4.31 Å². The molecule has 12 heteroatoms. The van der Waals surface area contributed by atoms with Gasteiger partial charge in [0.2, 0.25) is 10.0 Å². The Morgan fingerprint density at radius 2 is 1.85 bits per heavy atom. The lowest BCUT2D eigenvalue weighted by Crippen LogP contribution is -2.53. The van der Waals surface area contributed by atoms with Crippen molar-refractivity contribution in [3.05, 3.63) is 22.8 Å². The average molecular weight is 505 g/mol. The Balaban J connectivity index is 2.04. The molecule has 2 fully saturated rings. The number of halogens is 1. The molecule has 0 bridgehead atoms. The van der Waals surface area contributed by atoms with Gasteiger partial charge in [-0.05, 0) is 66.2 Å². The number of hydrogen-bond acceptors (Lipinski definition) is 7. The lowest BCUT2D eigenvalue weighted by Gasteiger charge is -2.40. The first-order valence-corrected chi connectivity index (χ1v) is 12.5. The van der Waals surface area contributed by atoms with Crippen molar-refractivity contribution >= 4 is 40.4 Å². The van der Waals surface area contributed by atoms with Crippen LogP contribution in [-0.4, -0.2) is 78.4 Å². The van der Waals surface area contributed by atoms with Crippen molar-refractivity contribution in [2.24, 2.45) is 0 Å². The Morgan fingerprint density at radius 3 is 2.39 bits per heavy atom. The third kappa shape index (κ3) is 5.82. The molecule has 9 nitrogen and oxygen atoms in total. The molecule has 0 aliphatic carbocycles. The van der Waals surface area contributed by atoms with E-state index < -0.39 is 52.3 Å². The van der Waals surface area contributed by atoms with Crippen LogP contribution in [-0.2, 0) is 24.1 Å². The molecule has 1 atom stereocenters. The third-order valence-electron chi connectivity index (χ3n) is 6.01. The van der Waals surface area contributed by atoms with Crippen LogP contribution < -0.4 is 5.59 Å². The molecule has 2 aliphatic rings.